The summed E-state index contributed by atoms with van der Waals surface area (Å²) in [5.74, 6) is 0.522. The highest BCUT2D eigenvalue weighted by molar-refractivity contribution is 6.30. The van der Waals surface area contributed by atoms with Crippen molar-refractivity contribution >= 4 is 23.4 Å². The van der Waals surface area contributed by atoms with Gasteiger partial charge in [-0.15, -0.1) is 0 Å². The number of esters is 1. The Kier molecular flexibility index (Phi) is 4.79. The van der Waals surface area contributed by atoms with Crippen LogP contribution in [0.5, 0.6) is 11.5 Å². The summed E-state index contributed by atoms with van der Waals surface area (Å²) in [7, 11) is 0. The van der Waals surface area contributed by atoms with Crippen molar-refractivity contribution < 1.29 is 23.8 Å². The molecule has 1 saturated carbocycles. The first kappa shape index (κ1) is 17.9. The maximum absolute atomic E-state index is 12.7. The minimum atomic E-state index is -0.669. The molecule has 0 atom stereocenters. The van der Waals surface area contributed by atoms with E-state index in [-0.39, 0.29) is 18.4 Å². The monoisotopic (exact) mass is 386 g/mol. The van der Waals surface area contributed by atoms with Gasteiger partial charge in [-0.25, -0.2) is 0 Å². The molecule has 0 N–H and O–H groups in total. The predicted octanol–water partition coefficient (Wildman–Crippen LogP) is 3.96. The van der Waals surface area contributed by atoms with E-state index in [1.165, 1.54) is 0 Å². The molecule has 1 aliphatic heterocycles. The van der Waals surface area contributed by atoms with Crippen molar-refractivity contribution in [3.63, 3.8) is 0 Å². The lowest BCUT2D eigenvalue weighted by Crippen LogP contribution is -2.44. The van der Waals surface area contributed by atoms with Crippen molar-refractivity contribution in [2.75, 3.05) is 19.8 Å². The normalized spacial score (nSPS) is 16.9. The van der Waals surface area contributed by atoms with Crippen molar-refractivity contribution in [1.29, 1.82) is 0 Å². The van der Waals surface area contributed by atoms with E-state index in [9.17, 15) is 9.59 Å². The van der Waals surface area contributed by atoms with E-state index in [4.69, 9.17) is 25.8 Å². The number of ketones is 1. The zero-order valence-electron chi connectivity index (χ0n) is 14.7. The highest BCUT2D eigenvalue weighted by atomic mass is 35.5. The molecular weight excluding hydrogens is 368 g/mol. The van der Waals surface area contributed by atoms with E-state index in [0.717, 1.165) is 12.0 Å². The molecule has 2 aliphatic rings. The molecule has 0 spiro atoms. The van der Waals surface area contributed by atoms with Crippen LogP contribution in [-0.4, -0.2) is 31.6 Å². The van der Waals surface area contributed by atoms with Gasteiger partial charge < -0.3 is 14.2 Å². The third kappa shape index (κ3) is 3.39. The highest BCUT2D eigenvalue weighted by Gasteiger charge is 2.47. The molecule has 0 saturated heterocycles. The van der Waals surface area contributed by atoms with Gasteiger partial charge in [-0.05, 0) is 48.7 Å². The molecular formula is C21H19ClO5. The molecule has 2 aromatic carbocycles. The summed E-state index contributed by atoms with van der Waals surface area (Å²) in [6.07, 6.45) is 2.38. The minimum absolute atomic E-state index is 0.272. The highest BCUT2D eigenvalue weighted by Crippen LogP contribution is 2.45. The number of benzene rings is 2. The Labute approximate surface area is 162 Å². The number of fused-ring (bicyclic) bond motifs is 1. The van der Waals surface area contributed by atoms with Crippen LogP contribution in [0.3, 0.4) is 0 Å². The van der Waals surface area contributed by atoms with Crippen LogP contribution in [0.4, 0.5) is 0 Å². The standard InChI is InChI=1S/C21H19ClO5/c22-16-5-3-15(4-6-16)21(8-1-9-21)20(24)27-13-17(23)14-2-7-18-19(12-14)26-11-10-25-18/h2-7,12H,1,8-11,13H2. The number of hydrogen-bond donors (Lipinski definition) is 0. The Balaban J connectivity index is 1.44. The number of ether oxygens (including phenoxy) is 3. The number of carbonyl (C=O) groups is 2. The van der Waals surface area contributed by atoms with Crippen molar-refractivity contribution in [2.45, 2.75) is 24.7 Å². The SMILES string of the molecule is O=C(COC(=O)C1(c2ccc(Cl)cc2)CCC1)c1ccc2c(c1)OCCO2. The first-order valence-corrected chi connectivity index (χ1v) is 9.32. The lowest BCUT2D eigenvalue weighted by Gasteiger charge is -2.39. The molecule has 1 fully saturated rings. The van der Waals surface area contributed by atoms with Crippen LogP contribution in [-0.2, 0) is 14.9 Å². The number of halogens is 1. The van der Waals surface area contributed by atoms with Gasteiger partial charge in [0.15, 0.2) is 23.9 Å². The summed E-state index contributed by atoms with van der Waals surface area (Å²) in [6.45, 7) is 0.641. The maximum Gasteiger partial charge on any atom is 0.317 e. The second-order valence-corrected chi connectivity index (χ2v) is 7.24. The fourth-order valence-corrected chi connectivity index (χ4v) is 3.61. The Morgan fingerprint density at radius 1 is 1.00 bits per heavy atom. The van der Waals surface area contributed by atoms with Gasteiger partial charge in [-0.2, -0.15) is 0 Å². The Morgan fingerprint density at radius 2 is 1.70 bits per heavy atom. The van der Waals surface area contributed by atoms with Crippen molar-refractivity contribution in [3.8, 4) is 11.5 Å². The van der Waals surface area contributed by atoms with Crippen LogP contribution in [0.2, 0.25) is 5.02 Å². The molecule has 27 heavy (non-hydrogen) atoms. The fourth-order valence-electron chi connectivity index (χ4n) is 3.48. The average molecular weight is 387 g/mol. The van der Waals surface area contributed by atoms with Crippen LogP contribution >= 0.6 is 11.6 Å². The van der Waals surface area contributed by atoms with E-state index in [1.807, 2.05) is 12.1 Å². The first-order valence-electron chi connectivity index (χ1n) is 8.95. The lowest BCUT2D eigenvalue weighted by molar-refractivity contribution is -0.153. The average Bonchev–Trinajstić information content (AvgIpc) is 2.66. The van der Waals surface area contributed by atoms with Gasteiger partial charge in [-0.3, -0.25) is 9.59 Å². The second-order valence-electron chi connectivity index (χ2n) is 6.80. The Morgan fingerprint density at radius 3 is 2.37 bits per heavy atom. The molecule has 2 aromatic rings. The van der Waals surface area contributed by atoms with Crippen molar-refractivity contribution in [2.24, 2.45) is 0 Å². The molecule has 4 rings (SSSR count). The largest absolute Gasteiger partial charge is 0.486 e. The van der Waals surface area contributed by atoms with E-state index in [0.29, 0.717) is 48.1 Å². The van der Waals surface area contributed by atoms with E-state index in [1.54, 1.807) is 30.3 Å². The summed E-state index contributed by atoms with van der Waals surface area (Å²) < 4.78 is 16.3. The molecule has 0 amide bonds. The smallest absolute Gasteiger partial charge is 0.317 e. The third-order valence-electron chi connectivity index (χ3n) is 5.19. The number of Topliss-reactive ketones (excluding diaryl/α,β-unsaturated/α-hetero) is 1. The van der Waals surface area contributed by atoms with Gasteiger partial charge in [0.1, 0.15) is 13.2 Å². The summed E-state index contributed by atoms with van der Waals surface area (Å²) in [4.78, 5) is 25.2. The number of rotatable bonds is 5. The fraction of sp³-hybridized carbons (Fsp3) is 0.333. The van der Waals surface area contributed by atoms with Crippen LogP contribution < -0.4 is 9.47 Å². The lowest BCUT2D eigenvalue weighted by atomic mass is 9.64. The summed E-state index contributed by atoms with van der Waals surface area (Å²) >= 11 is 5.94. The maximum atomic E-state index is 12.7. The third-order valence-corrected chi connectivity index (χ3v) is 5.45. The van der Waals surface area contributed by atoms with E-state index >= 15 is 0 Å². The van der Waals surface area contributed by atoms with E-state index < -0.39 is 5.41 Å². The number of hydrogen-bond acceptors (Lipinski definition) is 5. The zero-order valence-corrected chi connectivity index (χ0v) is 15.5. The van der Waals surface area contributed by atoms with Crippen LogP contribution in [0.15, 0.2) is 42.5 Å². The molecule has 0 unspecified atom stereocenters. The quantitative estimate of drug-likeness (QED) is 0.575. The molecule has 140 valence electrons. The summed E-state index contributed by atoms with van der Waals surface area (Å²) in [5.41, 5.74) is 0.647. The Bertz CT molecular complexity index is 871. The summed E-state index contributed by atoms with van der Waals surface area (Å²) in [5, 5.41) is 0.621. The molecule has 0 radical (unpaired) electrons. The molecule has 6 heteroatoms. The van der Waals surface area contributed by atoms with E-state index in [2.05, 4.69) is 0 Å². The van der Waals surface area contributed by atoms with Crippen LogP contribution in [0, 0.1) is 0 Å². The van der Waals surface area contributed by atoms with Crippen LogP contribution in [0.25, 0.3) is 0 Å². The Hall–Kier alpha value is -2.53. The summed E-state index contributed by atoms with van der Waals surface area (Å²) in [6, 6.07) is 12.2. The van der Waals surface area contributed by atoms with Crippen molar-refractivity contribution in [3.05, 3.63) is 58.6 Å². The van der Waals surface area contributed by atoms with Gasteiger partial charge >= 0.3 is 5.97 Å². The van der Waals surface area contributed by atoms with Crippen LogP contribution in [0.1, 0.15) is 35.2 Å². The van der Waals surface area contributed by atoms with Crippen molar-refractivity contribution in [1.82, 2.24) is 0 Å². The van der Waals surface area contributed by atoms with Gasteiger partial charge in [0.25, 0.3) is 0 Å². The first-order chi connectivity index (χ1) is 13.1. The second kappa shape index (κ2) is 7.24. The predicted molar refractivity (Wildman–Crippen MR) is 99.7 cm³/mol. The molecule has 1 heterocycles. The molecule has 0 bridgehead atoms. The molecule has 5 nitrogen and oxygen atoms in total. The van der Waals surface area contributed by atoms with Gasteiger partial charge in [0.2, 0.25) is 0 Å². The minimum Gasteiger partial charge on any atom is -0.486 e. The van der Waals surface area contributed by atoms with Gasteiger partial charge in [0.05, 0.1) is 5.41 Å². The zero-order chi connectivity index (χ0) is 18.9. The topological polar surface area (TPSA) is 61.8 Å². The molecule has 0 aromatic heterocycles. The van der Waals surface area contributed by atoms with Gasteiger partial charge in [-0.1, -0.05) is 30.2 Å². The number of carbonyl (C=O) groups excluding carboxylic acids is 2. The molecule has 1 aliphatic carbocycles. The van der Waals surface area contributed by atoms with Gasteiger partial charge in [0, 0.05) is 10.6 Å².